The maximum atomic E-state index is 13.8. The Hall–Kier alpha value is -3.16. The van der Waals surface area contributed by atoms with Crippen LogP contribution in [0.15, 0.2) is 59.7 Å². The first-order valence-corrected chi connectivity index (χ1v) is 8.14. The zero-order valence-electron chi connectivity index (χ0n) is 14.2. The summed E-state index contributed by atoms with van der Waals surface area (Å²) in [6.07, 6.45) is -0.0367. The molecule has 2 heterocycles. The third-order valence-electron chi connectivity index (χ3n) is 4.35. The Morgan fingerprint density at radius 1 is 1.04 bits per heavy atom. The standard InChI is InChI=1S/C19H14F4N4/c1-12-25-16-8-5-14(20)11-17(16)27(12)18-24-9-2-10-26(18)15-6-3-13(4-7-15)19(21,22)23/h2-11,18H,1H3. The second-order valence-electron chi connectivity index (χ2n) is 6.10. The van der Waals surface area contributed by atoms with E-state index in [2.05, 4.69) is 9.98 Å². The second-order valence-corrected chi connectivity index (χ2v) is 6.10. The van der Waals surface area contributed by atoms with E-state index in [-0.39, 0.29) is 0 Å². The Morgan fingerprint density at radius 2 is 1.78 bits per heavy atom. The van der Waals surface area contributed by atoms with E-state index in [4.69, 9.17) is 0 Å². The number of allylic oxidation sites excluding steroid dienone is 1. The smallest absolute Gasteiger partial charge is 0.308 e. The van der Waals surface area contributed by atoms with Gasteiger partial charge < -0.3 is 4.90 Å². The van der Waals surface area contributed by atoms with Crippen LogP contribution in [-0.4, -0.2) is 15.8 Å². The summed E-state index contributed by atoms with van der Waals surface area (Å²) in [6, 6.07) is 9.10. The van der Waals surface area contributed by atoms with Gasteiger partial charge in [0.1, 0.15) is 11.6 Å². The van der Waals surface area contributed by atoms with Crippen LogP contribution < -0.4 is 4.90 Å². The third kappa shape index (κ3) is 3.07. The molecule has 1 atom stereocenters. The van der Waals surface area contributed by atoms with Gasteiger partial charge in [-0.2, -0.15) is 13.2 Å². The average molecular weight is 374 g/mol. The Bertz CT molecular complexity index is 1050. The monoisotopic (exact) mass is 374 g/mol. The average Bonchev–Trinajstić information content (AvgIpc) is 2.96. The van der Waals surface area contributed by atoms with E-state index in [1.54, 1.807) is 40.9 Å². The molecule has 3 aromatic rings. The van der Waals surface area contributed by atoms with E-state index in [9.17, 15) is 17.6 Å². The minimum Gasteiger partial charge on any atom is -0.308 e. The molecule has 4 nitrogen and oxygen atoms in total. The molecule has 0 bridgehead atoms. The molecule has 1 unspecified atom stereocenters. The van der Waals surface area contributed by atoms with Crippen molar-refractivity contribution in [3.8, 4) is 0 Å². The highest BCUT2D eigenvalue weighted by molar-refractivity contribution is 5.78. The normalized spacial score (nSPS) is 17.1. The summed E-state index contributed by atoms with van der Waals surface area (Å²) < 4.78 is 54.0. The van der Waals surface area contributed by atoms with E-state index >= 15 is 0 Å². The second kappa shape index (κ2) is 6.22. The number of fused-ring (bicyclic) bond motifs is 1. The predicted molar refractivity (Wildman–Crippen MR) is 95.0 cm³/mol. The van der Waals surface area contributed by atoms with Crippen molar-refractivity contribution in [1.29, 1.82) is 0 Å². The summed E-state index contributed by atoms with van der Waals surface area (Å²) in [7, 11) is 0. The van der Waals surface area contributed by atoms with Gasteiger partial charge in [-0.05, 0) is 55.5 Å². The lowest BCUT2D eigenvalue weighted by Crippen LogP contribution is -2.29. The molecule has 0 N–H and O–H groups in total. The fourth-order valence-electron chi connectivity index (χ4n) is 3.12. The van der Waals surface area contributed by atoms with Crippen LogP contribution in [0.4, 0.5) is 23.2 Å². The van der Waals surface area contributed by atoms with Gasteiger partial charge in [-0.1, -0.05) is 0 Å². The molecular weight excluding hydrogens is 360 g/mol. The Labute approximate surface area is 152 Å². The minimum atomic E-state index is -4.40. The fourth-order valence-corrected chi connectivity index (χ4v) is 3.12. The SMILES string of the molecule is Cc1nc2ccc(F)cc2n1C1N=CC=CN1c1ccc(C(F)(F)F)cc1. The van der Waals surface area contributed by atoms with Crippen molar-refractivity contribution >= 4 is 22.9 Å². The van der Waals surface area contributed by atoms with E-state index < -0.39 is 23.8 Å². The van der Waals surface area contributed by atoms with Crippen LogP contribution in [-0.2, 0) is 6.18 Å². The zero-order valence-corrected chi connectivity index (χ0v) is 14.2. The van der Waals surface area contributed by atoms with Crippen molar-refractivity contribution in [3.05, 3.63) is 71.9 Å². The molecule has 138 valence electrons. The molecular formula is C19H14F4N4. The molecule has 0 radical (unpaired) electrons. The number of anilines is 1. The number of alkyl halides is 3. The lowest BCUT2D eigenvalue weighted by molar-refractivity contribution is -0.137. The number of hydrogen-bond donors (Lipinski definition) is 0. The lowest BCUT2D eigenvalue weighted by atomic mass is 10.2. The van der Waals surface area contributed by atoms with Crippen LogP contribution in [0.5, 0.6) is 0 Å². The number of aliphatic imine (C=N–C) groups is 1. The molecule has 0 saturated carbocycles. The Balaban J connectivity index is 1.79. The largest absolute Gasteiger partial charge is 0.416 e. The van der Waals surface area contributed by atoms with Gasteiger partial charge in [0.15, 0.2) is 0 Å². The minimum absolute atomic E-state index is 0.403. The van der Waals surface area contributed by atoms with Crippen molar-refractivity contribution in [2.75, 3.05) is 4.90 Å². The number of imidazole rings is 1. The van der Waals surface area contributed by atoms with Gasteiger partial charge in [-0.3, -0.25) is 4.57 Å². The summed E-state index contributed by atoms with van der Waals surface area (Å²) in [5.74, 6) is 0.213. The molecule has 0 spiro atoms. The zero-order chi connectivity index (χ0) is 19.2. The number of aryl methyl sites for hydroxylation is 1. The van der Waals surface area contributed by atoms with Gasteiger partial charge >= 0.3 is 6.18 Å². The third-order valence-corrected chi connectivity index (χ3v) is 4.35. The number of aromatic nitrogens is 2. The highest BCUT2D eigenvalue weighted by atomic mass is 19.4. The van der Waals surface area contributed by atoms with Crippen molar-refractivity contribution in [2.24, 2.45) is 4.99 Å². The summed E-state index contributed by atoms with van der Waals surface area (Å²) in [4.78, 5) is 10.6. The Kier molecular flexibility index (Phi) is 3.98. The first kappa shape index (κ1) is 17.3. The van der Waals surface area contributed by atoms with Crippen LogP contribution in [0.1, 0.15) is 17.7 Å². The number of benzene rings is 2. The number of rotatable bonds is 2. The maximum absolute atomic E-state index is 13.8. The van der Waals surface area contributed by atoms with Crippen LogP contribution in [0.25, 0.3) is 11.0 Å². The Morgan fingerprint density at radius 3 is 2.48 bits per heavy atom. The van der Waals surface area contributed by atoms with Gasteiger partial charge in [0, 0.05) is 18.1 Å². The van der Waals surface area contributed by atoms with Crippen molar-refractivity contribution in [3.63, 3.8) is 0 Å². The van der Waals surface area contributed by atoms with Gasteiger partial charge in [-0.25, -0.2) is 14.4 Å². The fraction of sp³-hybridized carbons (Fsp3) is 0.158. The first-order chi connectivity index (χ1) is 12.8. The van der Waals surface area contributed by atoms with Gasteiger partial charge in [0.05, 0.1) is 16.6 Å². The molecule has 27 heavy (non-hydrogen) atoms. The van der Waals surface area contributed by atoms with Crippen molar-refractivity contribution in [2.45, 2.75) is 19.4 Å². The maximum Gasteiger partial charge on any atom is 0.416 e. The summed E-state index contributed by atoms with van der Waals surface area (Å²) in [5.41, 5.74) is 0.977. The molecule has 4 rings (SSSR count). The molecule has 0 fully saturated rings. The quantitative estimate of drug-likeness (QED) is 0.587. The summed E-state index contributed by atoms with van der Waals surface area (Å²) in [6.45, 7) is 1.77. The molecule has 8 heteroatoms. The lowest BCUT2D eigenvalue weighted by Gasteiger charge is -2.31. The number of halogens is 4. The predicted octanol–water partition coefficient (Wildman–Crippen LogP) is 5.06. The summed E-state index contributed by atoms with van der Waals surface area (Å²) >= 11 is 0. The van der Waals surface area contributed by atoms with Crippen LogP contribution in [0, 0.1) is 12.7 Å². The van der Waals surface area contributed by atoms with Crippen LogP contribution in [0.2, 0.25) is 0 Å². The van der Waals surface area contributed by atoms with Crippen molar-refractivity contribution < 1.29 is 17.6 Å². The van der Waals surface area contributed by atoms with Gasteiger partial charge in [0.25, 0.3) is 0 Å². The molecule has 1 aromatic heterocycles. The first-order valence-electron chi connectivity index (χ1n) is 8.14. The van der Waals surface area contributed by atoms with E-state index in [0.29, 0.717) is 22.5 Å². The van der Waals surface area contributed by atoms with Gasteiger partial charge in [-0.15, -0.1) is 0 Å². The number of hydrogen-bond acceptors (Lipinski definition) is 3. The molecule has 0 aliphatic carbocycles. The van der Waals surface area contributed by atoms with E-state index in [0.717, 1.165) is 12.1 Å². The van der Waals surface area contributed by atoms with E-state index in [1.807, 2.05) is 0 Å². The summed E-state index contributed by atoms with van der Waals surface area (Å²) in [5, 5.41) is 0. The van der Waals surface area contributed by atoms with Crippen LogP contribution >= 0.6 is 0 Å². The van der Waals surface area contributed by atoms with Gasteiger partial charge in [0.2, 0.25) is 6.29 Å². The number of nitrogens with zero attached hydrogens (tertiary/aromatic N) is 4. The highest BCUT2D eigenvalue weighted by Gasteiger charge is 2.31. The molecule has 0 amide bonds. The van der Waals surface area contributed by atoms with Crippen LogP contribution in [0.3, 0.4) is 0 Å². The topological polar surface area (TPSA) is 33.4 Å². The molecule has 1 aliphatic rings. The van der Waals surface area contributed by atoms with E-state index in [1.165, 1.54) is 24.3 Å². The van der Waals surface area contributed by atoms with Crippen molar-refractivity contribution in [1.82, 2.24) is 9.55 Å². The molecule has 2 aromatic carbocycles. The highest BCUT2D eigenvalue weighted by Crippen LogP contribution is 2.34. The molecule has 1 aliphatic heterocycles. The molecule has 0 saturated heterocycles.